The van der Waals surface area contributed by atoms with E-state index in [0.29, 0.717) is 0 Å². The molecular formula is C10H21NO4S. The van der Waals surface area contributed by atoms with Crippen LogP contribution < -0.4 is 0 Å². The molecule has 0 aliphatic carbocycles. The molecule has 1 fully saturated rings. The topological polar surface area (TPSA) is 77.8 Å². The Morgan fingerprint density at radius 2 is 1.94 bits per heavy atom. The first-order chi connectivity index (χ1) is 7.46. The second kappa shape index (κ2) is 5.95. The molecule has 1 rings (SSSR count). The van der Waals surface area contributed by atoms with Gasteiger partial charge in [-0.2, -0.15) is 0 Å². The van der Waals surface area contributed by atoms with E-state index in [1.165, 1.54) is 0 Å². The smallest absolute Gasteiger partial charge is 0.154 e. The Labute approximate surface area is 97.0 Å². The molecule has 16 heavy (non-hydrogen) atoms. The number of hydrogen-bond acceptors (Lipinski definition) is 5. The molecule has 0 bridgehead atoms. The van der Waals surface area contributed by atoms with Crippen molar-refractivity contribution in [1.82, 2.24) is 4.90 Å². The van der Waals surface area contributed by atoms with Crippen LogP contribution in [-0.2, 0) is 9.84 Å². The van der Waals surface area contributed by atoms with Crippen molar-refractivity contribution in [2.75, 3.05) is 31.7 Å². The Bertz CT molecular complexity index is 304. The first-order valence-electron chi connectivity index (χ1n) is 5.66. The summed E-state index contributed by atoms with van der Waals surface area (Å²) in [6.45, 7) is 0.960. The quantitative estimate of drug-likeness (QED) is 0.607. The minimum absolute atomic E-state index is 0.0602. The van der Waals surface area contributed by atoms with E-state index in [4.69, 9.17) is 5.11 Å². The maximum absolute atomic E-state index is 11.3. The van der Waals surface area contributed by atoms with Crippen LogP contribution in [0.2, 0.25) is 0 Å². The van der Waals surface area contributed by atoms with Crippen molar-refractivity contribution in [3.63, 3.8) is 0 Å². The van der Waals surface area contributed by atoms with Crippen LogP contribution in [0.4, 0.5) is 0 Å². The fraction of sp³-hybridized carbons (Fsp3) is 1.00. The van der Waals surface area contributed by atoms with Gasteiger partial charge in [0.1, 0.15) is 0 Å². The van der Waals surface area contributed by atoms with Crippen LogP contribution in [0.5, 0.6) is 0 Å². The molecule has 2 unspecified atom stereocenters. The summed E-state index contributed by atoms with van der Waals surface area (Å²) in [5.41, 5.74) is 0. The molecule has 2 N–H and O–H groups in total. The van der Waals surface area contributed by atoms with Crippen molar-refractivity contribution >= 4 is 9.84 Å². The molecule has 1 heterocycles. The van der Waals surface area contributed by atoms with Crippen molar-refractivity contribution in [2.45, 2.75) is 31.4 Å². The molecule has 1 aliphatic heterocycles. The van der Waals surface area contributed by atoms with Crippen molar-refractivity contribution in [3.05, 3.63) is 0 Å². The van der Waals surface area contributed by atoms with E-state index in [1.807, 2.05) is 11.9 Å². The molecule has 0 spiro atoms. The zero-order valence-electron chi connectivity index (χ0n) is 9.67. The van der Waals surface area contributed by atoms with Crippen LogP contribution in [0, 0.1) is 0 Å². The van der Waals surface area contributed by atoms with Gasteiger partial charge in [-0.15, -0.1) is 0 Å². The van der Waals surface area contributed by atoms with Crippen molar-refractivity contribution < 1.29 is 18.6 Å². The molecule has 0 aromatic carbocycles. The fourth-order valence-electron chi connectivity index (χ4n) is 2.05. The van der Waals surface area contributed by atoms with Gasteiger partial charge in [0.15, 0.2) is 9.84 Å². The summed E-state index contributed by atoms with van der Waals surface area (Å²) in [7, 11) is -1.22. The number of sulfone groups is 1. The lowest BCUT2D eigenvalue weighted by Gasteiger charge is -2.25. The third kappa shape index (κ3) is 4.01. The minimum atomic E-state index is -3.06. The van der Waals surface area contributed by atoms with Gasteiger partial charge in [0.05, 0.1) is 23.7 Å². The van der Waals surface area contributed by atoms with Gasteiger partial charge in [0.2, 0.25) is 0 Å². The molecule has 96 valence electrons. The highest BCUT2D eigenvalue weighted by Crippen LogP contribution is 2.17. The fourth-order valence-corrected chi connectivity index (χ4v) is 3.92. The van der Waals surface area contributed by atoms with E-state index < -0.39 is 15.9 Å². The number of aliphatic hydroxyl groups is 2. The number of unbranched alkanes of at least 4 members (excludes halogenated alkanes) is 2. The Kier molecular flexibility index (Phi) is 5.17. The molecule has 0 amide bonds. The van der Waals surface area contributed by atoms with Crippen LogP contribution in [0.25, 0.3) is 0 Å². The van der Waals surface area contributed by atoms with Crippen molar-refractivity contribution in [2.24, 2.45) is 0 Å². The highest BCUT2D eigenvalue weighted by atomic mass is 32.2. The molecule has 0 aromatic heterocycles. The maximum Gasteiger partial charge on any atom is 0.154 e. The number of rotatable bonds is 6. The SMILES string of the molecule is CN(CCCCCO)C1CS(=O)(=O)CC1O. The van der Waals surface area contributed by atoms with Gasteiger partial charge in [-0.25, -0.2) is 8.42 Å². The molecule has 6 heteroatoms. The van der Waals surface area contributed by atoms with E-state index >= 15 is 0 Å². The third-order valence-corrected chi connectivity index (χ3v) is 4.73. The van der Waals surface area contributed by atoms with E-state index in [2.05, 4.69) is 0 Å². The summed E-state index contributed by atoms with van der Waals surface area (Å²) in [4.78, 5) is 1.91. The second-order valence-electron chi connectivity index (χ2n) is 4.48. The Morgan fingerprint density at radius 3 is 2.44 bits per heavy atom. The van der Waals surface area contributed by atoms with Crippen molar-refractivity contribution in [1.29, 1.82) is 0 Å². The average molecular weight is 251 g/mol. The van der Waals surface area contributed by atoms with Crippen LogP contribution in [-0.4, -0.2) is 67.4 Å². The Morgan fingerprint density at radius 1 is 1.25 bits per heavy atom. The van der Waals surface area contributed by atoms with Crippen LogP contribution in [0.1, 0.15) is 19.3 Å². The normalized spacial score (nSPS) is 28.8. The predicted octanol–water partition coefficient (Wildman–Crippen LogP) is -0.761. The molecule has 0 radical (unpaired) electrons. The van der Waals surface area contributed by atoms with Gasteiger partial charge in [-0.1, -0.05) is 0 Å². The van der Waals surface area contributed by atoms with Gasteiger partial charge in [-0.05, 0) is 32.9 Å². The predicted molar refractivity (Wildman–Crippen MR) is 62.0 cm³/mol. The molecule has 1 aliphatic rings. The van der Waals surface area contributed by atoms with Crippen LogP contribution >= 0.6 is 0 Å². The monoisotopic (exact) mass is 251 g/mol. The zero-order chi connectivity index (χ0) is 12.2. The molecule has 0 saturated carbocycles. The minimum Gasteiger partial charge on any atom is -0.396 e. The average Bonchev–Trinajstić information content (AvgIpc) is 2.47. The van der Waals surface area contributed by atoms with E-state index in [-0.39, 0.29) is 24.2 Å². The number of hydrogen-bond donors (Lipinski definition) is 2. The lowest BCUT2D eigenvalue weighted by molar-refractivity contribution is 0.0983. The summed E-state index contributed by atoms with van der Waals surface area (Å²) in [6.07, 6.45) is 1.86. The van der Waals surface area contributed by atoms with Gasteiger partial charge < -0.3 is 10.2 Å². The summed E-state index contributed by atoms with van der Waals surface area (Å²) in [6, 6.07) is -0.265. The highest BCUT2D eigenvalue weighted by molar-refractivity contribution is 7.91. The number of aliphatic hydroxyl groups excluding tert-OH is 2. The lowest BCUT2D eigenvalue weighted by atomic mass is 10.1. The standard InChI is InChI=1S/C10H21NO4S/c1-11(5-3-2-4-6-12)9-7-16(14,15)8-10(9)13/h9-10,12-13H,2-8H2,1H3. The van der Waals surface area contributed by atoms with E-state index in [9.17, 15) is 13.5 Å². The highest BCUT2D eigenvalue weighted by Gasteiger charge is 2.38. The summed E-state index contributed by atoms with van der Waals surface area (Å²) in [5.74, 6) is -0.0523. The Hall–Kier alpha value is -0.170. The number of likely N-dealkylation sites (N-methyl/N-ethyl adjacent to an activating group) is 1. The van der Waals surface area contributed by atoms with Crippen LogP contribution in [0.15, 0.2) is 0 Å². The summed E-state index contributed by atoms with van der Waals surface area (Å²) < 4.78 is 22.6. The van der Waals surface area contributed by atoms with E-state index in [0.717, 1.165) is 25.8 Å². The molecule has 2 atom stereocenters. The largest absolute Gasteiger partial charge is 0.396 e. The van der Waals surface area contributed by atoms with E-state index in [1.54, 1.807) is 0 Å². The van der Waals surface area contributed by atoms with Crippen LogP contribution in [0.3, 0.4) is 0 Å². The lowest BCUT2D eigenvalue weighted by Crippen LogP contribution is -2.40. The van der Waals surface area contributed by atoms with Gasteiger partial charge >= 0.3 is 0 Å². The third-order valence-electron chi connectivity index (χ3n) is 3.03. The first-order valence-corrected chi connectivity index (χ1v) is 7.48. The number of nitrogens with zero attached hydrogens (tertiary/aromatic N) is 1. The molecular weight excluding hydrogens is 230 g/mol. The summed E-state index contributed by atoms with van der Waals surface area (Å²) >= 11 is 0. The molecule has 0 aromatic rings. The van der Waals surface area contributed by atoms with Gasteiger partial charge in [0, 0.05) is 6.61 Å². The van der Waals surface area contributed by atoms with Crippen molar-refractivity contribution in [3.8, 4) is 0 Å². The zero-order valence-corrected chi connectivity index (χ0v) is 10.5. The van der Waals surface area contributed by atoms with Gasteiger partial charge in [0.25, 0.3) is 0 Å². The van der Waals surface area contributed by atoms with Gasteiger partial charge in [-0.3, -0.25) is 4.90 Å². The molecule has 5 nitrogen and oxygen atoms in total. The molecule has 1 saturated heterocycles. The summed E-state index contributed by atoms with van der Waals surface area (Å²) in [5, 5.41) is 18.3. The Balaban J connectivity index is 2.34. The maximum atomic E-state index is 11.3. The first kappa shape index (κ1) is 13.9. The second-order valence-corrected chi connectivity index (χ2v) is 6.63.